The zero-order chi connectivity index (χ0) is 21.2. The van der Waals surface area contributed by atoms with Crippen LogP contribution in [0.15, 0.2) is 41.5 Å². The van der Waals surface area contributed by atoms with Gasteiger partial charge in [-0.1, -0.05) is 12.1 Å². The molecule has 0 aliphatic rings. The minimum Gasteiger partial charge on any atom is -0.490 e. The summed E-state index contributed by atoms with van der Waals surface area (Å²) in [4.78, 5) is 14.6. The third kappa shape index (κ3) is 6.14. The van der Waals surface area contributed by atoms with Crippen molar-refractivity contribution in [1.82, 2.24) is 5.43 Å². The fourth-order valence-electron chi connectivity index (χ4n) is 2.61. The lowest BCUT2D eigenvalue weighted by molar-refractivity contribution is 0.0954. The van der Waals surface area contributed by atoms with Crippen LogP contribution in [-0.4, -0.2) is 46.0 Å². The van der Waals surface area contributed by atoms with E-state index in [0.29, 0.717) is 42.6 Å². The van der Waals surface area contributed by atoms with Crippen molar-refractivity contribution in [2.45, 2.75) is 20.8 Å². The number of ether oxygens (including phenoxy) is 3. The molecule has 0 heterocycles. The number of hydrogen-bond acceptors (Lipinski definition) is 6. The normalized spacial score (nSPS) is 10.7. The summed E-state index contributed by atoms with van der Waals surface area (Å²) in [5.41, 5.74) is 4.89. The standard InChI is InChI=1S/C22H29N3O4/c1-6-27-19-13-17(14-20(28-7-2)21(19)29-8-3)22(26)24-23-15-16-9-11-18(12-10-16)25(4)5/h9-15H,6-8H2,1-5H3,(H,24,26)/b23-15+. The van der Waals surface area contributed by atoms with Gasteiger partial charge in [0.2, 0.25) is 5.75 Å². The SMILES string of the molecule is CCOc1cc(C(=O)N/N=C/c2ccc(N(C)C)cc2)cc(OCC)c1OCC. The van der Waals surface area contributed by atoms with E-state index >= 15 is 0 Å². The highest BCUT2D eigenvalue weighted by Gasteiger charge is 2.18. The first kappa shape index (κ1) is 22.1. The summed E-state index contributed by atoms with van der Waals surface area (Å²) in [6, 6.07) is 11.1. The van der Waals surface area contributed by atoms with E-state index < -0.39 is 0 Å². The Bertz CT molecular complexity index is 805. The molecule has 29 heavy (non-hydrogen) atoms. The fraction of sp³-hybridized carbons (Fsp3) is 0.364. The summed E-state index contributed by atoms with van der Waals surface area (Å²) in [5, 5.41) is 4.05. The Balaban J connectivity index is 2.18. The molecule has 0 radical (unpaired) electrons. The van der Waals surface area contributed by atoms with E-state index in [2.05, 4.69) is 10.5 Å². The lowest BCUT2D eigenvalue weighted by Crippen LogP contribution is -2.18. The maximum Gasteiger partial charge on any atom is 0.271 e. The average Bonchev–Trinajstić information content (AvgIpc) is 2.70. The number of anilines is 1. The summed E-state index contributed by atoms with van der Waals surface area (Å²) in [6.07, 6.45) is 1.60. The maximum atomic E-state index is 12.6. The van der Waals surface area contributed by atoms with Crippen LogP contribution in [0.2, 0.25) is 0 Å². The van der Waals surface area contributed by atoms with Crippen molar-refractivity contribution in [1.29, 1.82) is 0 Å². The Kier molecular flexibility index (Phi) is 8.33. The smallest absolute Gasteiger partial charge is 0.271 e. The van der Waals surface area contributed by atoms with E-state index in [1.807, 2.05) is 64.0 Å². The molecule has 0 saturated carbocycles. The minimum absolute atomic E-state index is 0.365. The molecule has 2 aromatic carbocycles. The summed E-state index contributed by atoms with van der Waals surface area (Å²) in [7, 11) is 3.96. The number of amides is 1. The molecule has 7 nitrogen and oxygen atoms in total. The molecule has 1 N–H and O–H groups in total. The predicted octanol–water partition coefficient (Wildman–Crippen LogP) is 3.71. The van der Waals surface area contributed by atoms with Gasteiger partial charge in [0.1, 0.15) is 0 Å². The van der Waals surface area contributed by atoms with Gasteiger partial charge in [-0.2, -0.15) is 5.10 Å². The lowest BCUT2D eigenvalue weighted by Gasteiger charge is -2.16. The summed E-state index contributed by atoms with van der Waals surface area (Å²) in [5.74, 6) is 1.07. The Morgan fingerprint density at radius 1 is 0.966 bits per heavy atom. The number of rotatable bonds is 10. The molecule has 0 saturated heterocycles. The highest BCUT2D eigenvalue weighted by atomic mass is 16.5. The highest BCUT2D eigenvalue weighted by Crippen LogP contribution is 2.39. The van der Waals surface area contributed by atoms with Gasteiger partial charge in [0.15, 0.2) is 11.5 Å². The van der Waals surface area contributed by atoms with E-state index in [4.69, 9.17) is 14.2 Å². The first-order valence-corrected chi connectivity index (χ1v) is 9.67. The molecule has 2 aromatic rings. The van der Waals surface area contributed by atoms with Crippen molar-refractivity contribution in [3.8, 4) is 17.2 Å². The molecule has 0 aliphatic heterocycles. The molecule has 0 unspecified atom stereocenters. The number of benzene rings is 2. The van der Waals surface area contributed by atoms with Gasteiger partial charge in [0.25, 0.3) is 5.91 Å². The van der Waals surface area contributed by atoms with E-state index in [9.17, 15) is 4.79 Å². The molecular formula is C22H29N3O4. The maximum absolute atomic E-state index is 12.6. The highest BCUT2D eigenvalue weighted by molar-refractivity contribution is 5.96. The van der Waals surface area contributed by atoms with Crippen molar-refractivity contribution in [3.05, 3.63) is 47.5 Å². The topological polar surface area (TPSA) is 72.4 Å². The quantitative estimate of drug-likeness (QED) is 0.487. The number of nitrogens with zero attached hydrogens (tertiary/aromatic N) is 2. The van der Waals surface area contributed by atoms with Crippen LogP contribution in [0.1, 0.15) is 36.7 Å². The van der Waals surface area contributed by atoms with Crippen LogP contribution in [0, 0.1) is 0 Å². The molecule has 0 aliphatic carbocycles. The fourth-order valence-corrected chi connectivity index (χ4v) is 2.61. The average molecular weight is 399 g/mol. The summed E-state index contributed by atoms with van der Waals surface area (Å²) in [6.45, 7) is 6.97. The van der Waals surface area contributed by atoms with Crippen LogP contribution >= 0.6 is 0 Å². The molecule has 0 bridgehead atoms. The van der Waals surface area contributed by atoms with E-state index in [0.717, 1.165) is 11.3 Å². The van der Waals surface area contributed by atoms with Crippen molar-refractivity contribution in [2.24, 2.45) is 5.10 Å². The molecule has 1 amide bonds. The minimum atomic E-state index is -0.365. The van der Waals surface area contributed by atoms with Crippen LogP contribution in [0.25, 0.3) is 0 Å². The Hall–Kier alpha value is -3.22. The monoisotopic (exact) mass is 399 g/mol. The van der Waals surface area contributed by atoms with E-state index in [1.54, 1.807) is 18.3 Å². The van der Waals surface area contributed by atoms with Crippen LogP contribution < -0.4 is 24.5 Å². The molecule has 0 fully saturated rings. The summed E-state index contributed by atoms with van der Waals surface area (Å²) < 4.78 is 16.9. The van der Waals surface area contributed by atoms with Crippen molar-refractivity contribution < 1.29 is 19.0 Å². The van der Waals surface area contributed by atoms with Gasteiger partial charge in [-0.05, 0) is 50.6 Å². The van der Waals surface area contributed by atoms with Gasteiger partial charge in [0, 0.05) is 25.3 Å². The zero-order valence-electron chi connectivity index (χ0n) is 17.7. The Morgan fingerprint density at radius 2 is 1.52 bits per heavy atom. The van der Waals surface area contributed by atoms with E-state index in [1.165, 1.54) is 0 Å². The number of carbonyl (C=O) groups excluding carboxylic acids is 1. The van der Waals surface area contributed by atoms with Crippen molar-refractivity contribution in [2.75, 3.05) is 38.8 Å². The second-order valence-electron chi connectivity index (χ2n) is 6.29. The molecular weight excluding hydrogens is 370 g/mol. The second kappa shape index (κ2) is 10.9. The van der Waals surface area contributed by atoms with Crippen molar-refractivity contribution >= 4 is 17.8 Å². The van der Waals surface area contributed by atoms with Gasteiger partial charge in [0.05, 0.1) is 26.0 Å². The number of hydrogen-bond donors (Lipinski definition) is 1. The number of nitrogens with one attached hydrogen (secondary N) is 1. The van der Waals surface area contributed by atoms with Gasteiger partial charge in [-0.15, -0.1) is 0 Å². The molecule has 7 heteroatoms. The van der Waals surface area contributed by atoms with Crippen molar-refractivity contribution in [3.63, 3.8) is 0 Å². The Labute approximate surface area is 172 Å². The molecule has 156 valence electrons. The van der Waals surface area contributed by atoms with Gasteiger partial charge in [-0.3, -0.25) is 4.79 Å². The third-order valence-electron chi connectivity index (χ3n) is 3.96. The molecule has 2 rings (SSSR count). The first-order valence-electron chi connectivity index (χ1n) is 9.67. The zero-order valence-corrected chi connectivity index (χ0v) is 17.7. The number of carbonyl (C=O) groups is 1. The lowest BCUT2D eigenvalue weighted by atomic mass is 10.1. The first-order chi connectivity index (χ1) is 14.0. The molecule has 0 atom stereocenters. The summed E-state index contributed by atoms with van der Waals surface area (Å²) >= 11 is 0. The second-order valence-corrected chi connectivity index (χ2v) is 6.29. The van der Waals surface area contributed by atoms with Gasteiger partial charge >= 0.3 is 0 Å². The van der Waals surface area contributed by atoms with Crippen LogP contribution in [-0.2, 0) is 0 Å². The largest absolute Gasteiger partial charge is 0.490 e. The van der Waals surface area contributed by atoms with Gasteiger partial charge in [-0.25, -0.2) is 5.43 Å². The number of hydrazone groups is 1. The van der Waals surface area contributed by atoms with E-state index in [-0.39, 0.29) is 5.91 Å². The predicted molar refractivity (Wildman–Crippen MR) is 116 cm³/mol. The Morgan fingerprint density at radius 3 is 2.00 bits per heavy atom. The molecule has 0 aromatic heterocycles. The van der Waals surface area contributed by atoms with Crippen LogP contribution in [0.5, 0.6) is 17.2 Å². The van der Waals surface area contributed by atoms with Gasteiger partial charge < -0.3 is 19.1 Å². The third-order valence-corrected chi connectivity index (χ3v) is 3.96. The van der Waals surface area contributed by atoms with Crippen LogP contribution in [0.3, 0.4) is 0 Å². The van der Waals surface area contributed by atoms with Crippen LogP contribution in [0.4, 0.5) is 5.69 Å². The molecule has 0 spiro atoms.